The number of aromatic amines is 1. The minimum atomic E-state index is -0.712. The maximum Gasteiger partial charge on any atom is 0.325 e. The van der Waals surface area contributed by atoms with E-state index in [2.05, 4.69) is 15.6 Å². The minimum absolute atomic E-state index is 0.0754. The van der Waals surface area contributed by atoms with Crippen LogP contribution in [-0.2, 0) is 25.5 Å². The SMILES string of the molecule is CC[C@H](C)[C@H](NC(=O)Cc1c[nH]c2ccccc12)C(=O)NCC(=O)OCC(C)C. The first kappa shape index (κ1) is 22.5. The molecule has 7 nitrogen and oxygen atoms in total. The molecule has 0 aliphatic rings. The van der Waals surface area contributed by atoms with Gasteiger partial charge in [0.2, 0.25) is 11.8 Å². The predicted octanol–water partition coefficient (Wildman–Crippen LogP) is 2.56. The van der Waals surface area contributed by atoms with Crippen LogP contribution in [0.4, 0.5) is 0 Å². The molecule has 7 heteroatoms. The number of aromatic nitrogens is 1. The zero-order valence-electron chi connectivity index (χ0n) is 17.6. The molecule has 2 atom stereocenters. The summed E-state index contributed by atoms with van der Waals surface area (Å²) < 4.78 is 5.07. The summed E-state index contributed by atoms with van der Waals surface area (Å²) in [5.74, 6) is -0.953. The number of amides is 2. The summed E-state index contributed by atoms with van der Waals surface area (Å²) in [7, 11) is 0. The molecular formula is C22H31N3O4. The molecule has 0 unspecified atom stereocenters. The molecule has 1 aromatic carbocycles. The molecule has 0 spiro atoms. The van der Waals surface area contributed by atoms with Crippen LogP contribution < -0.4 is 10.6 Å². The molecule has 0 fully saturated rings. The predicted molar refractivity (Wildman–Crippen MR) is 112 cm³/mol. The van der Waals surface area contributed by atoms with Crippen molar-refractivity contribution < 1.29 is 19.1 Å². The van der Waals surface area contributed by atoms with E-state index in [1.807, 2.05) is 58.2 Å². The molecule has 29 heavy (non-hydrogen) atoms. The number of benzene rings is 1. The van der Waals surface area contributed by atoms with Crippen LogP contribution in [0.25, 0.3) is 10.9 Å². The number of fused-ring (bicyclic) bond motifs is 1. The van der Waals surface area contributed by atoms with E-state index < -0.39 is 12.0 Å². The summed E-state index contributed by atoms with van der Waals surface area (Å²) in [6, 6.07) is 7.04. The first-order valence-corrected chi connectivity index (χ1v) is 10.1. The standard InChI is InChI=1S/C22H31N3O4/c1-5-15(4)21(22(28)24-12-20(27)29-13-14(2)3)25-19(26)10-16-11-23-18-9-7-6-8-17(16)18/h6-9,11,14-15,21,23H,5,10,12-13H2,1-4H3,(H,24,28)(H,25,26)/t15-,21-/m0/s1. The van der Waals surface area contributed by atoms with Gasteiger partial charge in [0, 0.05) is 17.1 Å². The fourth-order valence-corrected chi connectivity index (χ4v) is 2.96. The zero-order valence-corrected chi connectivity index (χ0v) is 17.6. The molecule has 0 aliphatic heterocycles. The summed E-state index contributed by atoms with van der Waals surface area (Å²) in [6.07, 6.45) is 2.69. The number of carbonyl (C=O) groups excluding carboxylic acids is 3. The van der Waals surface area contributed by atoms with Crippen LogP contribution in [0.15, 0.2) is 30.5 Å². The van der Waals surface area contributed by atoms with Crippen LogP contribution in [0.1, 0.15) is 39.7 Å². The Labute approximate surface area is 171 Å². The molecule has 1 aromatic heterocycles. The maximum atomic E-state index is 12.6. The van der Waals surface area contributed by atoms with Crippen molar-refractivity contribution in [2.45, 2.75) is 46.6 Å². The second kappa shape index (κ2) is 10.6. The highest BCUT2D eigenvalue weighted by atomic mass is 16.5. The van der Waals surface area contributed by atoms with E-state index in [4.69, 9.17) is 4.74 Å². The van der Waals surface area contributed by atoms with Crippen molar-refractivity contribution >= 4 is 28.7 Å². The van der Waals surface area contributed by atoms with E-state index in [-0.39, 0.29) is 36.6 Å². The minimum Gasteiger partial charge on any atom is -0.464 e. The molecule has 0 radical (unpaired) electrons. The van der Waals surface area contributed by atoms with Crippen molar-refractivity contribution in [3.8, 4) is 0 Å². The molecule has 2 rings (SSSR count). The largest absolute Gasteiger partial charge is 0.464 e. The molecule has 3 N–H and O–H groups in total. The number of para-hydroxylation sites is 1. The van der Waals surface area contributed by atoms with Crippen molar-refractivity contribution in [2.75, 3.05) is 13.2 Å². The van der Waals surface area contributed by atoms with Gasteiger partial charge in [-0.05, 0) is 23.5 Å². The van der Waals surface area contributed by atoms with Gasteiger partial charge in [-0.25, -0.2) is 0 Å². The average Bonchev–Trinajstić information content (AvgIpc) is 3.10. The summed E-state index contributed by atoms with van der Waals surface area (Å²) >= 11 is 0. The van der Waals surface area contributed by atoms with Gasteiger partial charge in [-0.15, -0.1) is 0 Å². The van der Waals surface area contributed by atoms with Crippen molar-refractivity contribution in [1.82, 2.24) is 15.6 Å². The van der Waals surface area contributed by atoms with Gasteiger partial charge in [0.25, 0.3) is 0 Å². The van der Waals surface area contributed by atoms with Gasteiger partial charge in [0.1, 0.15) is 12.6 Å². The number of rotatable bonds is 10. The molecule has 2 amide bonds. The Morgan fingerprint density at radius 2 is 1.86 bits per heavy atom. The number of esters is 1. The Morgan fingerprint density at radius 1 is 1.14 bits per heavy atom. The van der Waals surface area contributed by atoms with E-state index in [0.717, 1.165) is 16.5 Å². The van der Waals surface area contributed by atoms with E-state index in [9.17, 15) is 14.4 Å². The van der Waals surface area contributed by atoms with Gasteiger partial charge >= 0.3 is 5.97 Å². The second-order valence-electron chi connectivity index (χ2n) is 7.76. The Balaban J connectivity index is 1.95. The lowest BCUT2D eigenvalue weighted by molar-refractivity contribution is -0.145. The summed E-state index contributed by atoms with van der Waals surface area (Å²) in [5.41, 5.74) is 1.84. The summed E-state index contributed by atoms with van der Waals surface area (Å²) in [4.78, 5) is 40.1. The van der Waals surface area contributed by atoms with Crippen molar-refractivity contribution in [3.63, 3.8) is 0 Å². The monoisotopic (exact) mass is 401 g/mol. The van der Waals surface area contributed by atoms with E-state index in [0.29, 0.717) is 13.0 Å². The first-order valence-electron chi connectivity index (χ1n) is 10.1. The number of carbonyl (C=O) groups is 3. The number of ether oxygens (including phenoxy) is 1. The Morgan fingerprint density at radius 3 is 2.55 bits per heavy atom. The Kier molecular flexibility index (Phi) is 8.24. The van der Waals surface area contributed by atoms with Crippen LogP contribution in [0.2, 0.25) is 0 Å². The molecule has 0 saturated heterocycles. The highest BCUT2D eigenvalue weighted by Crippen LogP contribution is 2.18. The fraction of sp³-hybridized carbons (Fsp3) is 0.500. The highest BCUT2D eigenvalue weighted by Gasteiger charge is 2.26. The number of nitrogens with one attached hydrogen (secondary N) is 3. The van der Waals surface area contributed by atoms with Gasteiger partial charge in [-0.3, -0.25) is 14.4 Å². The van der Waals surface area contributed by atoms with Gasteiger partial charge in [0.15, 0.2) is 0 Å². The zero-order chi connectivity index (χ0) is 21.4. The third kappa shape index (κ3) is 6.62. The van der Waals surface area contributed by atoms with Crippen molar-refractivity contribution in [1.29, 1.82) is 0 Å². The van der Waals surface area contributed by atoms with Gasteiger partial charge < -0.3 is 20.4 Å². The average molecular weight is 402 g/mol. The molecule has 158 valence electrons. The number of H-pyrrole nitrogens is 1. The van der Waals surface area contributed by atoms with Crippen LogP contribution in [0.5, 0.6) is 0 Å². The number of hydrogen-bond donors (Lipinski definition) is 3. The second-order valence-corrected chi connectivity index (χ2v) is 7.76. The molecule has 1 heterocycles. The first-order chi connectivity index (χ1) is 13.8. The van der Waals surface area contributed by atoms with Crippen LogP contribution in [0, 0.1) is 11.8 Å². The fourth-order valence-electron chi connectivity index (χ4n) is 2.96. The number of hydrogen-bond acceptors (Lipinski definition) is 4. The summed E-state index contributed by atoms with van der Waals surface area (Å²) in [6.45, 7) is 7.82. The van der Waals surface area contributed by atoms with Crippen LogP contribution in [0.3, 0.4) is 0 Å². The molecule has 0 aliphatic carbocycles. The van der Waals surface area contributed by atoms with Crippen LogP contribution >= 0.6 is 0 Å². The Hall–Kier alpha value is -2.83. The molecular weight excluding hydrogens is 370 g/mol. The van der Waals surface area contributed by atoms with E-state index >= 15 is 0 Å². The highest BCUT2D eigenvalue weighted by molar-refractivity contribution is 5.92. The van der Waals surface area contributed by atoms with Crippen LogP contribution in [-0.4, -0.2) is 42.0 Å². The van der Waals surface area contributed by atoms with Gasteiger partial charge in [-0.1, -0.05) is 52.3 Å². The lowest BCUT2D eigenvalue weighted by Gasteiger charge is -2.23. The van der Waals surface area contributed by atoms with E-state index in [1.165, 1.54) is 0 Å². The lowest BCUT2D eigenvalue weighted by atomic mass is 9.98. The summed E-state index contributed by atoms with van der Waals surface area (Å²) in [5, 5.41) is 6.39. The Bertz CT molecular complexity index is 843. The van der Waals surface area contributed by atoms with Crippen molar-refractivity contribution in [2.24, 2.45) is 11.8 Å². The molecule has 2 aromatic rings. The van der Waals surface area contributed by atoms with Crippen molar-refractivity contribution in [3.05, 3.63) is 36.0 Å². The topological polar surface area (TPSA) is 100 Å². The van der Waals surface area contributed by atoms with Gasteiger partial charge in [0.05, 0.1) is 13.0 Å². The third-order valence-corrected chi connectivity index (χ3v) is 4.82. The molecule has 0 saturated carbocycles. The van der Waals surface area contributed by atoms with E-state index in [1.54, 1.807) is 0 Å². The molecule has 0 bridgehead atoms. The maximum absolute atomic E-state index is 12.6. The van der Waals surface area contributed by atoms with Gasteiger partial charge in [-0.2, -0.15) is 0 Å². The normalized spacial score (nSPS) is 13.1. The lowest BCUT2D eigenvalue weighted by Crippen LogP contribution is -2.51. The smallest absolute Gasteiger partial charge is 0.325 e. The third-order valence-electron chi connectivity index (χ3n) is 4.82. The quantitative estimate of drug-likeness (QED) is 0.533.